The van der Waals surface area contributed by atoms with Crippen molar-refractivity contribution in [2.24, 2.45) is 5.92 Å². The Bertz CT molecular complexity index is 3130. The summed E-state index contributed by atoms with van der Waals surface area (Å²) in [6.07, 6.45) is 13.5. The Morgan fingerprint density at radius 3 is 2.14 bits per heavy atom. The monoisotopic (exact) mass is 1460 g/mol. The Morgan fingerprint density at radius 1 is 0.800 bits per heavy atom. The number of carboxylic acids is 1. The van der Waals surface area contributed by atoms with Crippen LogP contribution >= 0.6 is 34.4 Å². The molecule has 4 aliphatic heterocycles. The molecule has 3 atom stereocenters. The highest BCUT2D eigenvalue weighted by Crippen LogP contribution is 2.32. The fourth-order valence-electron chi connectivity index (χ4n) is 12.0. The van der Waals surface area contributed by atoms with E-state index in [1.54, 1.807) is 23.1 Å². The van der Waals surface area contributed by atoms with Crippen LogP contribution < -0.4 is 20.7 Å². The van der Waals surface area contributed by atoms with Gasteiger partial charge in [0.05, 0.1) is 55.2 Å². The summed E-state index contributed by atoms with van der Waals surface area (Å²) < 4.78 is 45.3. The molecule has 7 amide bonds. The average molecular weight is 1460 g/mol. The molecule has 0 aliphatic carbocycles. The lowest BCUT2D eigenvalue weighted by molar-refractivity contribution is -0.140. The van der Waals surface area contributed by atoms with E-state index in [2.05, 4.69) is 61.6 Å². The number of terminal acetylenes is 1. The highest BCUT2D eigenvalue weighted by atomic mass is 127. The van der Waals surface area contributed by atoms with Gasteiger partial charge in [0.2, 0.25) is 35.4 Å². The molecule has 5 heterocycles. The average Bonchev–Trinajstić information content (AvgIpc) is 1.67. The molecule has 0 radical (unpaired) electrons. The quantitative estimate of drug-likeness (QED) is 0.0214. The maximum absolute atomic E-state index is 14.1. The molecule has 0 saturated carbocycles. The van der Waals surface area contributed by atoms with Crippen molar-refractivity contribution in [3.63, 3.8) is 0 Å². The highest BCUT2D eigenvalue weighted by Gasteiger charge is 2.46. The molecule has 2 aromatic carbocycles. The van der Waals surface area contributed by atoms with E-state index in [-0.39, 0.29) is 81.0 Å². The van der Waals surface area contributed by atoms with Crippen LogP contribution in [0.25, 0.3) is 10.9 Å². The standard InChI is InChI=1S/C66H88F2IN11O14S/c1-2-52-38-66(67,68)43-80(52)62(87)39-72-64(90)54-19-23-70-56-18-17-53(36-55(54)56)94-35-7-9-49-20-25-78(26-21-49)60(85)12-6-24-79-61(86)37-57(65(79)91)95-42-51(10-3-4-22-71-58(83)11-5-8-48-13-15-50(69)16-14-48)73-59(84)40-74-27-28-75(41-63(88)89)30-32-77(45-93-47-82)34-33-76(31-29-74)44-92-46-81/h1,13-19,23,36,46-47,49,51-52,57H,3-12,20-22,24-35,37-45H2,(H,71,83)(H,72,90)(H,73,84)(H,88,89)/t51?,52-,57?/m0/s1. The van der Waals surface area contributed by atoms with Gasteiger partial charge >= 0.3 is 5.97 Å². The van der Waals surface area contributed by atoms with Crippen molar-refractivity contribution >= 4 is 106 Å². The Kier molecular flexibility index (Phi) is 31.1. The zero-order valence-corrected chi connectivity index (χ0v) is 56.6. The molecule has 4 fully saturated rings. The van der Waals surface area contributed by atoms with Crippen LogP contribution in [0.4, 0.5) is 8.78 Å². The molecule has 518 valence electrons. The second kappa shape index (κ2) is 39.2. The van der Waals surface area contributed by atoms with Crippen molar-refractivity contribution in [3.05, 3.63) is 69.4 Å². The van der Waals surface area contributed by atoms with Gasteiger partial charge in [-0.15, -0.1) is 18.2 Å². The molecule has 4 aliphatic rings. The van der Waals surface area contributed by atoms with Crippen LogP contribution in [0.1, 0.15) is 99.4 Å². The van der Waals surface area contributed by atoms with Crippen LogP contribution in [0, 0.1) is 21.8 Å². The van der Waals surface area contributed by atoms with E-state index in [1.165, 1.54) is 34.5 Å². The summed E-state index contributed by atoms with van der Waals surface area (Å²) in [5.74, 6) is -3.05. The third kappa shape index (κ3) is 25.4. The predicted octanol–water partition coefficient (Wildman–Crippen LogP) is 3.84. The summed E-state index contributed by atoms with van der Waals surface area (Å²) in [5, 5.41) is 18.2. The minimum absolute atomic E-state index is 0.00533. The van der Waals surface area contributed by atoms with Crippen molar-refractivity contribution in [3.8, 4) is 18.1 Å². The smallest absolute Gasteiger partial charge is 0.317 e. The van der Waals surface area contributed by atoms with Crippen molar-refractivity contribution < 1.29 is 76.0 Å². The lowest BCUT2D eigenvalue weighted by atomic mass is 9.92. The molecule has 7 rings (SSSR count). The number of ether oxygens (including phenoxy) is 3. The van der Waals surface area contributed by atoms with Crippen LogP contribution in [-0.4, -0.2) is 258 Å². The van der Waals surface area contributed by atoms with Crippen molar-refractivity contribution in [1.82, 2.24) is 55.2 Å². The number of hydrogen-bond donors (Lipinski definition) is 4. The largest absolute Gasteiger partial charge is 0.494 e. The number of likely N-dealkylation sites (tertiary alicyclic amines) is 3. The summed E-state index contributed by atoms with van der Waals surface area (Å²) in [6.45, 7) is 4.05. The number of pyridine rings is 1. The van der Waals surface area contributed by atoms with Crippen molar-refractivity contribution in [2.45, 2.75) is 113 Å². The van der Waals surface area contributed by atoms with E-state index in [9.17, 15) is 61.8 Å². The van der Waals surface area contributed by atoms with Gasteiger partial charge in [-0.05, 0) is 135 Å². The maximum atomic E-state index is 14.1. The lowest BCUT2D eigenvalue weighted by Gasteiger charge is -2.33. The van der Waals surface area contributed by atoms with E-state index in [4.69, 9.17) is 20.6 Å². The number of amides is 7. The number of aliphatic carboxylic acids is 1. The molecular formula is C66H88F2IN11O14S. The van der Waals surface area contributed by atoms with Crippen molar-refractivity contribution in [1.29, 1.82) is 0 Å². The van der Waals surface area contributed by atoms with Gasteiger partial charge in [-0.25, -0.2) is 8.78 Å². The predicted molar refractivity (Wildman–Crippen MR) is 357 cm³/mol. The van der Waals surface area contributed by atoms with Crippen LogP contribution in [0.2, 0.25) is 0 Å². The SMILES string of the molecule is C#C[C@H]1CC(F)(F)CN1C(=O)CNC(=O)c1ccnc2ccc(OCCCC3CCN(C(=O)CCCN4C(=O)CC(SCC(CCCCNC(=O)CCCc5ccc(I)cc5)NC(=O)CN5CCN(COC=O)CCN(COC=O)CCN(CC(=O)O)CC5)C4=O)CC3)cc12. The lowest BCUT2D eigenvalue weighted by Crippen LogP contribution is -2.50. The second-order valence-electron chi connectivity index (χ2n) is 24.4. The molecule has 1 aromatic heterocycles. The summed E-state index contributed by atoms with van der Waals surface area (Å²) in [4.78, 5) is 143. The summed E-state index contributed by atoms with van der Waals surface area (Å²) in [5.41, 5.74) is 1.92. The number of fused-ring (bicyclic) bond motifs is 1. The minimum Gasteiger partial charge on any atom is -0.494 e. The van der Waals surface area contributed by atoms with E-state index in [1.807, 2.05) is 31.7 Å². The molecule has 0 spiro atoms. The van der Waals surface area contributed by atoms with Crippen molar-refractivity contribution in [2.75, 3.05) is 131 Å². The summed E-state index contributed by atoms with van der Waals surface area (Å²) in [7, 11) is 0. The molecule has 29 heteroatoms. The number of hydrogen-bond acceptors (Lipinski definition) is 19. The van der Waals surface area contributed by atoms with E-state index < -0.39 is 60.6 Å². The van der Waals surface area contributed by atoms with Gasteiger partial charge in [0, 0.05) is 131 Å². The van der Waals surface area contributed by atoms with Gasteiger partial charge in [0.15, 0.2) is 0 Å². The first kappa shape index (κ1) is 75.3. The first-order valence-corrected chi connectivity index (χ1v) is 34.6. The number of carboxylic acid groups (broad SMARTS) is 1. The zero-order chi connectivity index (χ0) is 68.1. The third-order valence-electron chi connectivity index (χ3n) is 17.4. The highest BCUT2D eigenvalue weighted by molar-refractivity contribution is 14.1. The number of carbonyl (C=O) groups is 10. The second-order valence-corrected chi connectivity index (χ2v) is 26.9. The number of rotatable bonds is 35. The van der Waals surface area contributed by atoms with Crippen LogP contribution in [0.3, 0.4) is 0 Å². The molecule has 0 bridgehead atoms. The summed E-state index contributed by atoms with van der Waals surface area (Å²) >= 11 is 3.56. The number of unbranched alkanes of at least 4 members (excludes halogenated alkanes) is 1. The van der Waals surface area contributed by atoms with Gasteiger partial charge < -0.3 is 45.1 Å². The number of halogens is 3. The first-order chi connectivity index (χ1) is 45.8. The van der Waals surface area contributed by atoms with Gasteiger partial charge in [-0.3, -0.25) is 77.4 Å². The van der Waals surface area contributed by atoms with E-state index in [0.29, 0.717) is 158 Å². The molecule has 95 heavy (non-hydrogen) atoms. The number of alkyl halides is 2. The fourth-order valence-corrected chi connectivity index (χ4v) is 13.7. The van der Waals surface area contributed by atoms with Gasteiger partial charge in [-0.1, -0.05) is 18.1 Å². The number of nitrogens with zero attached hydrogens (tertiary/aromatic N) is 8. The molecule has 4 saturated heterocycles. The number of benzene rings is 2. The molecule has 25 nitrogen and oxygen atoms in total. The maximum Gasteiger partial charge on any atom is 0.317 e. The number of aromatic nitrogens is 1. The fraction of sp³-hybridized carbons (Fsp3) is 0.591. The topological polar surface area (TPSA) is 290 Å². The number of aryl methyl sites for hydroxylation is 1. The number of carbonyl (C=O) groups excluding carboxylic acids is 9. The van der Waals surface area contributed by atoms with Crippen LogP contribution in [0.5, 0.6) is 5.75 Å². The third-order valence-corrected chi connectivity index (χ3v) is 19.4. The number of nitrogens with one attached hydrogen (secondary N) is 3. The van der Waals surface area contributed by atoms with E-state index >= 15 is 0 Å². The molecule has 2 unspecified atom stereocenters. The molecule has 3 aromatic rings. The zero-order valence-electron chi connectivity index (χ0n) is 53.7. The normalized spacial score (nSPS) is 19.1. The first-order valence-electron chi connectivity index (χ1n) is 32.5. The Morgan fingerprint density at radius 2 is 1.47 bits per heavy atom. The molecule has 4 N–H and O–H groups in total. The minimum atomic E-state index is -3.10. The summed E-state index contributed by atoms with van der Waals surface area (Å²) in [6, 6.07) is 13.4. The Labute approximate surface area is 570 Å². The molecular weight excluding hydrogens is 1370 g/mol. The van der Waals surface area contributed by atoms with Crippen LogP contribution in [-0.2, 0) is 59.0 Å². The van der Waals surface area contributed by atoms with Gasteiger partial charge in [0.1, 0.15) is 19.2 Å². The van der Waals surface area contributed by atoms with Gasteiger partial charge in [0.25, 0.3) is 24.8 Å². The van der Waals surface area contributed by atoms with Gasteiger partial charge in [-0.2, -0.15) is 0 Å². The number of piperidine rings is 1. The Balaban J connectivity index is 0.849. The van der Waals surface area contributed by atoms with Crippen LogP contribution in [0.15, 0.2) is 54.7 Å². The van der Waals surface area contributed by atoms with E-state index in [0.717, 1.165) is 40.6 Å². The number of imide groups is 1. The number of thioether (sulfide) groups is 1. The Hall–Kier alpha value is -7.11.